The number of pyridine rings is 1. The first-order valence-corrected chi connectivity index (χ1v) is 4.04. The maximum Gasteiger partial charge on any atom is 0.258 e. The number of Topliss-reactive ketones (excluding diaryl/α,β-unsaturated/α-hetero) is 1. The van der Waals surface area contributed by atoms with Crippen LogP contribution in [0.1, 0.15) is 24.3 Å². The van der Waals surface area contributed by atoms with E-state index in [1.165, 1.54) is 6.07 Å². The SMILES string of the molecule is CC(=O)[C@@H](O)c1c(O)cc(C)[nH]c1=O. The highest BCUT2D eigenvalue weighted by Crippen LogP contribution is 2.20. The number of aromatic hydroxyl groups is 1. The molecule has 1 heterocycles. The summed E-state index contributed by atoms with van der Waals surface area (Å²) in [7, 11) is 0. The molecule has 1 atom stereocenters. The second-order valence-corrected chi connectivity index (χ2v) is 3.09. The van der Waals surface area contributed by atoms with Crippen LogP contribution in [0, 0.1) is 6.92 Å². The fourth-order valence-corrected chi connectivity index (χ4v) is 1.15. The Balaban J connectivity index is 3.35. The van der Waals surface area contributed by atoms with Crippen LogP contribution in [-0.4, -0.2) is 21.0 Å². The summed E-state index contributed by atoms with van der Waals surface area (Å²) in [6.07, 6.45) is -1.57. The largest absolute Gasteiger partial charge is 0.507 e. The van der Waals surface area contributed by atoms with Gasteiger partial charge in [-0.25, -0.2) is 0 Å². The minimum Gasteiger partial charge on any atom is -0.507 e. The summed E-state index contributed by atoms with van der Waals surface area (Å²) in [5.41, 5.74) is -0.486. The average molecular weight is 197 g/mol. The molecule has 1 aromatic rings. The molecule has 1 rings (SSSR count). The van der Waals surface area contributed by atoms with Gasteiger partial charge in [0.15, 0.2) is 5.78 Å². The van der Waals surface area contributed by atoms with Crippen molar-refractivity contribution in [1.29, 1.82) is 0 Å². The van der Waals surface area contributed by atoms with E-state index in [-0.39, 0.29) is 11.3 Å². The lowest BCUT2D eigenvalue weighted by atomic mass is 10.1. The van der Waals surface area contributed by atoms with Crippen LogP contribution in [0.2, 0.25) is 0 Å². The monoisotopic (exact) mass is 197 g/mol. The Bertz CT molecular complexity index is 421. The van der Waals surface area contributed by atoms with Gasteiger partial charge in [0.25, 0.3) is 5.56 Å². The number of H-pyrrole nitrogens is 1. The zero-order valence-electron chi connectivity index (χ0n) is 7.87. The van der Waals surface area contributed by atoms with Gasteiger partial charge in [-0.15, -0.1) is 0 Å². The Kier molecular flexibility index (Phi) is 2.71. The van der Waals surface area contributed by atoms with Crippen molar-refractivity contribution in [2.24, 2.45) is 0 Å². The molecular formula is C9H11NO4. The van der Waals surface area contributed by atoms with Crippen molar-refractivity contribution in [1.82, 2.24) is 4.98 Å². The van der Waals surface area contributed by atoms with Crippen molar-refractivity contribution in [3.8, 4) is 5.75 Å². The number of rotatable bonds is 2. The molecule has 0 saturated carbocycles. The molecule has 0 aliphatic heterocycles. The number of nitrogens with one attached hydrogen (secondary N) is 1. The fourth-order valence-electron chi connectivity index (χ4n) is 1.15. The first-order chi connectivity index (χ1) is 6.43. The standard InChI is InChI=1S/C9H11NO4/c1-4-3-6(12)7(9(14)10-4)8(13)5(2)11/h3,8,13H,1-2H3,(H2,10,12,14)/t8-/m1/s1. The smallest absolute Gasteiger partial charge is 0.258 e. The number of aromatic amines is 1. The third-order valence-electron chi connectivity index (χ3n) is 1.84. The van der Waals surface area contributed by atoms with Crippen molar-refractivity contribution in [3.63, 3.8) is 0 Å². The molecule has 0 aliphatic carbocycles. The molecule has 0 aromatic carbocycles. The van der Waals surface area contributed by atoms with E-state index in [0.717, 1.165) is 6.92 Å². The molecule has 0 spiro atoms. The molecule has 0 aliphatic rings. The molecule has 5 heteroatoms. The minimum atomic E-state index is -1.57. The molecule has 0 amide bonds. The zero-order valence-corrected chi connectivity index (χ0v) is 7.87. The number of hydrogen-bond acceptors (Lipinski definition) is 4. The van der Waals surface area contributed by atoms with Crippen molar-refractivity contribution in [2.45, 2.75) is 20.0 Å². The van der Waals surface area contributed by atoms with Crippen LogP contribution in [0.3, 0.4) is 0 Å². The van der Waals surface area contributed by atoms with Crippen LogP contribution in [0.15, 0.2) is 10.9 Å². The van der Waals surface area contributed by atoms with Gasteiger partial charge in [-0.2, -0.15) is 0 Å². The predicted octanol–water partition coefficient (Wildman–Crippen LogP) is 0.0113. The molecule has 0 radical (unpaired) electrons. The van der Waals surface area contributed by atoms with Crippen LogP contribution in [0.4, 0.5) is 0 Å². The van der Waals surface area contributed by atoms with E-state index in [1.807, 2.05) is 0 Å². The molecule has 1 aromatic heterocycles. The Labute approximate surface area is 80.0 Å². The van der Waals surface area contributed by atoms with E-state index in [4.69, 9.17) is 0 Å². The van der Waals surface area contributed by atoms with Gasteiger partial charge in [0.05, 0.1) is 5.56 Å². The van der Waals surface area contributed by atoms with E-state index in [9.17, 15) is 19.8 Å². The van der Waals surface area contributed by atoms with Crippen LogP contribution in [0.25, 0.3) is 0 Å². The number of aryl methyl sites for hydroxylation is 1. The fraction of sp³-hybridized carbons (Fsp3) is 0.333. The summed E-state index contributed by atoms with van der Waals surface area (Å²) in [5.74, 6) is -0.955. The van der Waals surface area contributed by atoms with Gasteiger partial charge in [-0.05, 0) is 19.9 Å². The van der Waals surface area contributed by atoms with Crippen molar-refractivity contribution in [3.05, 3.63) is 27.7 Å². The third kappa shape index (κ3) is 1.82. The number of ketones is 1. The maximum atomic E-state index is 11.3. The summed E-state index contributed by atoms with van der Waals surface area (Å²) in [6.45, 7) is 2.73. The quantitative estimate of drug-likeness (QED) is 0.623. The number of hydrogen-bond donors (Lipinski definition) is 3. The molecule has 0 fully saturated rings. The van der Waals surface area contributed by atoms with E-state index in [1.54, 1.807) is 6.92 Å². The van der Waals surface area contributed by atoms with E-state index >= 15 is 0 Å². The number of aromatic nitrogens is 1. The highest BCUT2D eigenvalue weighted by atomic mass is 16.3. The molecule has 76 valence electrons. The van der Waals surface area contributed by atoms with Gasteiger partial charge in [-0.3, -0.25) is 9.59 Å². The van der Waals surface area contributed by atoms with Crippen LogP contribution < -0.4 is 5.56 Å². The summed E-state index contributed by atoms with van der Waals surface area (Å²) >= 11 is 0. The molecule has 0 saturated heterocycles. The number of aliphatic hydroxyl groups excluding tert-OH is 1. The first kappa shape index (κ1) is 10.5. The number of aliphatic hydroxyl groups is 1. The molecule has 3 N–H and O–H groups in total. The van der Waals surface area contributed by atoms with Crippen molar-refractivity contribution < 1.29 is 15.0 Å². The highest BCUT2D eigenvalue weighted by Gasteiger charge is 2.20. The lowest BCUT2D eigenvalue weighted by Gasteiger charge is -2.08. The summed E-state index contributed by atoms with van der Waals surface area (Å²) < 4.78 is 0. The molecule has 5 nitrogen and oxygen atoms in total. The molecular weight excluding hydrogens is 186 g/mol. The average Bonchev–Trinajstić information content (AvgIpc) is 2.01. The van der Waals surface area contributed by atoms with Crippen molar-refractivity contribution >= 4 is 5.78 Å². The third-order valence-corrected chi connectivity index (χ3v) is 1.84. The first-order valence-electron chi connectivity index (χ1n) is 4.04. The summed E-state index contributed by atoms with van der Waals surface area (Å²) in [4.78, 5) is 24.5. The Hall–Kier alpha value is -1.62. The lowest BCUT2D eigenvalue weighted by molar-refractivity contribution is -0.125. The van der Waals surface area contributed by atoms with Gasteiger partial charge in [0.1, 0.15) is 11.9 Å². The Morgan fingerprint density at radius 3 is 2.57 bits per heavy atom. The van der Waals surface area contributed by atoms with Gasteiger partial charge in [0.2, 0.25) is 0 Å². The van der Waals surface area contributed by atoms with Gasteiger partial charge in [0, 0.05) is 5.69 Å². The number of carbonyl (C=O) groups excluding carboxylic acids is 1. The summed E-state index contributed by atoms with van der Waals surface area (Å²) in [5, 5.41) is 18.7. The van der Waals surface area contributed by atoms with E-state index < -0.39 is 17.4 Å². The topological polar surface area (TPSA) is 90.4 Å². The Morgan fingerprint density at radius 1 is 1.57 bits per heavy atom. The van der Waals surface area contributed by atoms with Gasteiger partial charge >= 0.3 is 0 Å². The molecule has 0 unspecified atom stereocenters. The minimum absolute atomic E-state index is 0.303. The van der Waals surface area contributed by atoms with Crippen molar-refractivity contribution in [2.75, 3.05) is 0 Å². The highest BCUT2D eigenvalue weighted by molar-refractivity contribution is 5.82. The van der Waals surface area contributed by atoms with Crippen LogP contribution in [0.5, 0.6) is 5.75 Å². The normalized spacial score (nSPS) is 12.5. The van der Waals surface area contributed by atoms with Crippen LogP contribution >= 0.6 is 0 Å². The second kappa shape index (κ2) is 3.63. The zero-order chi connectivity index (χ0) is 10.9. The van der Waals surface area contributed by atoms with E-state index in [0.29, 0.717) is 5.69 Å². The van der Waals surface area contributed by atoms with Crippen LogP contribution in [-0.2, 0) is 4.79 Å². The van der Waals surface area contributed by atoms with Gasteiger partial charge < -0.3 is 15.2 Å². The number of carbonyl (C=O) groups is 1. The van der Waals surface area contributed by atoms with E-state index in [2.05, 4.69) is 4.98 Å². The summed E-state index contributed by atoms with van der Waals surface area (Å²) in [6, 6.07) is 1.28. The molecule has 14 heavy (non-hydrogen) atoms. The predicted molar refractivity (Wildman–Crippen MR) is 49.1 cm³/mol. The molecule has 0 bridgehead atoms. The maximum absolute atomic E-state index is 11.3. The lowest BCUT2D eigenvalue weighted by Crippen LogP contribution is -2.21. The Morgan fingerprint density at radius 2 is 2.14 bits per heavy atom. The van der Waals surface area contributed by atoms with Gasteiger partial charge in [-0.1, -0.05) is 0 Å². The second-order valence-electron chi connectivity index (χ2n) is 3.09.